The third-order valence-electron chi connectivity index (χ3n) is 2.95. The first-order valence-corrected chi connectivity index (χ1v) is 8.09. The Labute approximate surface area is 121 Å². The molecule has 4 heteroatoms. The molecule has 106 valence electrons. The Morgan fingerprint density at radius 2 is 1.85 bits per heavy atom. The van der Waals surface area contributed by atoms with Crippen molar-refractivity contribution in [3.8, 4) is 17.2 Å². The fourth-order valence-electron chi connectivity index (χ4n) is 1.92. The van der Waals surface area contributed by atoms with Crippen LogP contribution < -0.4 is 4.74 Å². The Balaban J connectivity index is 2.15. The maximum atomic E-state index is 11.3. The van der Waals surface area contributed by atoms with Crippen LogP contribution in [0.5, 0.6) is 17.2 Å². The molecule has 0 saturated carbocycles. The molecule has 0 bridgehead atoms. The van der Waals surface area contributed by atoms with E-state index in [-0.39, 0.29) is 5.75 Å². The first-order valence-electron chi connectivity index (χ1n) is 6.53. The average molecular weight is 290 g/mol. The van der Waals surface area contributed by atoms with Gasteiger partial charge in [-0.05, 0) is 48.4 Å². The van der Waals surface area contributed by atoms with Crippen LogP contribution in [0.3, 0.4) is 0 Å². The van der Waals surface area contributed by atoms with Crippen LogP contribution in [0.1, 0.15) is 18.9 Å². The predicted molar refractivity (Wildman–Crippen MR) is 81.0 cm³/mol. The first-order chi connectivity index (χ1) is 9.60. The van der Waals surface area contributed by atoms with Gasteiger partial charge in [-0.25, -0.2) is 0 Å². The standard InChI is InChI=1S/C16H18O3S/c1-3-4-12-5-10-16(15(17)11-12)19-13-6-8-14(9-7-13)20(2)18/h5-11,17H,3-4H2,1-2H3. The molecule has 0 fully saturated rings. The van der Waals surface area contributed by atoms with E-state index >= 15 is 0 Å². The molecule has 3 nitrogen and oxygen atoms in total. The number of phenolic OH excluding ortho intramolecular Hbond substituents is 1. The Hall–Kier alpha value is -1.81. The fraction of sp³-hybridized carbons (Fsp3) is 0.250. The van der Waals surface area contributed by atoms with Crippen LogP contribution in [-0.2, 0) is 17.2 Å². The molecule has 1 N–H and O–H groups in total. The molecular formula is C16H18O3S. The van der Waals surface area contributed by atoms with Crippen molar-refractivity contribution in [2.45, 2.75) is 24.7 Å². The van der Waals surface area contributed by atoms with Gasteiger partial charge in [-0.15, -0.1) is 0 Å². The summed E-state index contributed by atoms with van der Waals surface area (Å²) in [6, 6.07) is 12.5. The summed E-state index contributed by atoms with van der Waals surface area (Å²) in [6.45, 7) is 2.10. The van der Waals surface area contributed by atoms with E-state index in [0.29, 0.717) is 11.5 Å². The molecule has 0 heterocycles. The van der Waals surface area contributed by atoms with Crippen LogP contribution in [0.15, 0.2) is 47.4 Å². The maximum absolute atomic E-state index is 11.3. The summed E-state index contributed by atoms with van der Waals surface area (Å²) in [7, 11) is -0.999. The highest BCUT2D eigenvalue weighted by molar-refractivity contribution is 7.84. The molecule has 2 rings (SSSR count). The zero-order valence-corrected chi connectivity index (χ0v) is 12.4. The van der Waals surface area contributed by atoms with Gasteiger partial charge in [0, 0.05) is 22.0 Å². The second-order valence-corrected chi connectivity index (χ2v) is 5.96. The molecule has 0 aliphatic heterocycles. The largest absolute Gasteiger partial charge is 0.504 e. The van der Waals surface area contributed by atoms with Crippen LogP contribution in [0.4, 0.5) is 0 Å². The van der Waals surface area contributed by atoms with Gasteiger partial charge in [-0.1, -0.05) is 19.4 Å². The summed E-state index contributed by atoms with van der Waals surface area (Å²) in [6.07, 6.45) is 3.61. The summed E-state index contributed by atoms with van der Waals surface area (Å²) in [4.78, 5) is 0.750. The Kier molecular flexibility index (Phi) is 4.79. The second kappa shape index (κ2) is 6.57. The molecule has 1 atom stereocenters. The van der Waals surface area contributed by atoms with Crippen LogP contribution in [0.2, 0.25) is 0 Å². The van der Waals surface area contributed by atoms with Crippen molar-refractivity contribution < 1.29 is 14.1 Å². The van der Waals surface area contributed by atoms with E-state index in [1.54, 1.807) is 42.7 Å². The number of ether oxygens (including phenoxy) is 1. The second-order valence-electron chi connectivity index (χ2n) is 4.58. The van der Waals surface area contributed by atoms with Crippen LogP contribution in [0, 0.1) is 0 Å². The molecule has 2 aromatic rings. The van der Waals surface area contributed by atoms with Crippen LogP contribution in [0.25, 0.3) is 0 Å². The quantitative estimate of drug-likeness (QED) is 0.909. The molecule has 2 aromatic carbocycles. The normalized spacial score (nSPS) is 12.1. The monoisotopic (exact) mass is 290 g/mol. The highest BCUT2D eigenvalue weighted by Gasteiger charge is 2.06. The molecular weight excluding hydrogens is 272 g/mol. The van der Waals surface area contributed by atoms with E-state index in [0.717, 1.165) is 23.3 Å². The van der Waals surface area contributed by atoms with Gasteiger partial charge < -0.3 is 9.84 Å². The Bertz CT molecular complexity index is 606. The van der Waals surface area contributed by atoms with Crippen molar-refractivity contribution in [3.63, 3.8) is 0 Å². The maximum Gasteiger partial charge on any atom is 0.169 e. The van der Waals surface area contributed by atoms with Gasteiger partial charge in [0.15, 0.2) is 11.5 Å². The zero-order valence-electron chi connectivity index (χ0n) is 11.6. The Morgan fingerprint density at radius 1 is 1.15 bits per heavy atom. The number of aryl methyl sites for hydroxylation is 1. The summed E-state index contributed by atoms with van der Waals surface area (Å²) in [5.74, 6) is 1.17. The van der Waals surface area contributed by atoms with E-state index in [4.69, 9.17) is 4.74 Å². The highest BCUT2D eigenvalue weighted by atomic mass is 32.2. The minimum Gasteiger partial charge on any atom is -0.504 e. The number of phenols is 1. The molecule has 0 aliphatic rings. The number of benzene rings is 2. The van der Waals surface area contributed by atoms with Gasteiger partial charge in [-0.3, -0.25) is 4.21 Å². The number of hydrogen-bond donors (Lipinski definition) is 1. The number of rotatable bonds is 5. The third kappa shape index (κ3) is 3.61. The lowest BCUT2D eigenvalue weighted by atomic mass is 10.1. The van der Waals surface area contributed by atoms with E-state index in [2.05, 4.69) is 6.92 Å². The van der Waals surface area contributed by atoms with Crippen LogP contribution >= 0.6 is 0 Å². The molecule has 0 spiro atoms. The number of hydrogen-bond acceptors (Lipinski definition) is 3. The van der Waals surface area contributed by atoms with E-state index in [1.807, 2.05) is 6.07 Å². The Morgan fingerprint density at radius 3 is 2.40 bits per heavy atom. The summed E-state index contributed by atoms with van der Waals surface area (Å²) in [5, 5.41) is 9.95. The molecule has 0 radical (unpaired) electrons. The summed E-state index contributed by atoms with van der Waals surface area (Å²) < 4.78 is 16.9. The van der Waals surface area contributed by atoms with Gasteiger partial charge in [0.05, 0.1) is 0 Å². The van der Waals surface area contributed by atoms with Crippen molar-refractivity contribution in [2.24, 2.45) is 0 Å². The van der Waals surface area contributed by atoms with Crippen molar-refractivity contribution in [3.05, 3.63) is 48.0 Å². The first kappa shape index (κ1) is 14.6. The zero-order chi connectivity index (χ0) is 14.5. The van der Waals surface area contributed by atoms with Gasteiger partial charge in [-0.2, -0.15) is 0 Å². The summed E-state index contributed by atoms with van der Waals surface area (Å²) in [5.41, 5.74) is 1.09. The van der Waals surface area contributed by atoms with E-state index < -0.39 is 10.8 Å². The lowest BCUT2D eigenvalue weighted by Crippen LogP contribution is -1.90. The molecule has 0 amide bonds. The molecule has 0 aromatic heterocycles. The smallest absolute Gasteiger partial charge is 0.169 e. The molecule has 0 saturated heterocycles. The molecule has 0 aliphatic carbocycles. The summed E-state index contributed by atoms with van der Waals surface area (Å²) >= 11 is 0. The van der Waals surface area contributed by atoms with Gasteiger partial charge in [0.1, 0.15) is 5.75 Å². The predicted octanol–water partition coefficient (Wildman–Crippen LogP) is 3.87. The van der Waals surface area contributed by atoms with Crippen molar-refractivity contribution in [1.29, 1.82) is 0 Å². The van der Waals surface area contributed by atoms with Crippen molar-refractivity contribution in [1.82, 2.24) is 0 Å². The van der Waals surface area contributed by atoms with Crippen LogP contribution in [-0.4, -0.2) is 15.6 Å². The minimum absolute atomic E-state index is 0.138. The SMILES string of the molecule is CCCc1ccc(Oc2ccc(S(C)=O)cc2)c(O)c1. The minimum atomic E-state index is -0.999. The number of aromatic hydroxyl groups is 1. The van der Waals surface area contributed by atoms with E-state index in [1.165, 1.54) is 0 Å². The van der Waals surface area contributed by atoms with Gasteiger partial charge >= 0.3 is 0 Å². The van der Waals surface area contributed by atoms with Gasteiger partial charge in [0.2, 0.25) is 0 Å². The topological polar surface area (TPSA) is 46.5 Å². The molecule has 1 unspecified atom stereocenters. The fourth-order valence-corrected chi connectivity index (χ4v) is 2.44. The van der Waals surface area contributed by atoms with Crippen molar-refractivity contribution in [2.75, 3.05) is 6.26 Å². The van der Waals surface area contributed by atoms with Gasteiger partial charge in [0.25, 0.3) is 0 Å². The molecule has 20 heavy (non-hydrogen) atoms. The lowest BCUT2D eigenvalue weighted by molar-refractivity contribution is 0.410. The lowest BCUT2D eigenvalue weighted by Gasteiger charge is -2.09. The highest BCUT2D eigenvalue weighted by Crippen LogP contribution is 2.31. The van der Waals surface area contributed by atoms with E-state index in [9.17, 15) is 9.32 Å². The van der Waals surface area contributed by atoms with Crippen molar-refractivity contribution >= 4 is 10.8 Å². The average Bonchev–Trinajstić information content (AvgIpc) is 2.43. The third-order valence-corrected chi connectivity index (χ3v) is 3.88.